The highest BCUT2D eigenvalue weighted by Gasteiger charge is 2.25. The van der Waals surface area contributed by atoms with Crippen molar-refractivity contribution in [3.63, 3.8) is 0 Å². The monoisotopic (exact) mass is 379 g/mol. The van der Waals surface area contributed by atoms with Gasteiger partial charge in [-0.1, -0.05) is 31.2 Å². The van der Waals surface area contributed by atoms with Crippen LogP contribution in [0, 0.1) is 0 Å². The molecule has 0 saturated carbocycles. The van der Waals surface area contributed by atoms with Crippen LogP contribution in [-0.4, -0.2) is 16.1 Å². The Bertz CT molecular complexity index is 1070. The summed E-state index contributed by atoms with van der Waals surface area (Å²) in [5.74, 6) is 0.863. The molecule has 3 aromatic rings. The number of hydrogen-bond acceptors (Lipinski definition) is 4. The van der Waals surface area contributed by atoms with Crippen molar-refractivity contribution in [2.45, 2.75) is 58.5 Å². The van der Waals surface area contributed by atoms with Crippen LogP contribution in [0.2, 0.25) is 0 Å². The minimum absolute atomic E-state index is 0.176. The van der Waals surface area contributed by atoms with E-state index in [0.29, 0.717) is 0 Å². The maximum Gasteiger partial charge on any atom is 0.263 e. The van der Waals surface area contributed by atoms with E-state index in [1.165, 1.54) is 34.4 Å². The molecule has 2 aliphatic rings. The Hall–Kier alpha value is -2.14. The molecular weight excluding hydrogens is 354 g/mol. The molecule has 0 atom stereocenters. The van der Waals surface area contributed by atoms with E-state index < -0.39 is 0 Å². The van der Waals surface area contributed by atoms with Gasteiger partial charge in [0.2, 0.25) is 5.95 Å². The van der Waals surface area contributed by atoms with E-state index in [1.54, 1.807) is 11.3 Å². The van der Waals surface area contributed by atoms with Gasteiger partial charge in [-0.3, -0.25) is 9.36 Å². The second kappa shape index (κ2) is 6.79. The van der Waals surface area contributed by atoms with E-state index in [2.05, 4.69) is 36.1 Å². The van der Waals surface area contributed by atoms with Crippen molar-refractivity contribution in [1.29, 1.82) is 0 Å². The molecule has 27 heavy (non-hydrogen) atoms. The second-order valence-corrected chi connectivity index (χ2v) is 8.78. The molecule has 3 heterocycles. The summed E-state index contributed by atoms with van der Waals surface area (Å²) in [5, 5.41) is 0.907. The van der Waals surface area contributed by atoms with Gasteiger partial charge in [0.15, 0.2) is 0 Å². The lowest BCUT2D eigenvalue weighted by molar-refractivity contribution is 0.606. The Kier molecular flexibility index (Phi) is 4.27. The SMILES string of the molecule is CCCn1c(N2CCc3ccccc3C2)nc2sc3c(c2c1=O)CCCC3. The number of aromatic nitrogens is 2. The zero-order valence-corrected chi connectivity index (χ0v) is 16.6. The van der Waals surface area contributed by atoms with Crippen molar-refractivity contribution < 1.29 is 0 Å². The molecule has 0 N–H and O–H groups in total. The van der Waals surface area contributed by atoms with Crippen LogP contribution in [0.5, 0.6) is 0 Å². The van der Waals surface area contributed by atoms with E-state index >= 15 is 0 Å². The Morgan fingerprint density at radius 1 is 1.11 bits per heavy atom. The normalized spacial score (nSPS) is 16.4. The summed E-state index contributed by atoms with van der Waals surface area (Å²) >= 11 is 1.75. The summed E-state index contributed by atoms with van der Waals surface area (Å²) in [5.41, 5.74) is 4.24. The summed E-state index contributed by atoms with van der Waals surface area (Å²) in [6, 6.07) is 8.63. The van der Waals surface area contributed by atoms with Gasteiger partial charge in [0.05, 0.1) is 5.39 Å². The van der Waals surface area contributed by atoms with Crippen molar-refractivity contribution >= 4 is 27.5 Å². The van der Waals surface area contributed by atoms with Gasteiger partial charge in [0, 0.05) is 24.5 Å². The first kappa shape index (κ1) is 17.0. The number of thiophene rings is 1. The van der Waals surface area contributed by atoms with E-state index in [9.17, 15) is 4.79 Å². The van der Waals surface area contributed by atoms with Gasteiger partial charge in [-0.15, -0.1) is 11.3 Å². The smallest absolute Gasteiger partial charge is 0.263 e. The minimum atomic E-state index is 0.176. The van der Waals surface area contributed by atoms with Gasteiger partial charge < -0.3 is 4.90 Å². The molecule has 1 aliphatic heterocycles. The third-order valence-electron chi connectivity index (χ3n) is 5.92. The maximum atomic E-state index is 13.5. The van der Waals surface area contributed by atoms with Crippen molar-refractivity contribution in [2.75, 3.05) is 11.4 Å². The van der Waals surface area contributed by atoms with Crippen LogP contribution >= 0.6 is 11.3 Å². The molecule has 0 bridgehead atoms. The molecule has 0 fully saturated rings. The molecule has 5 heteroatoms. The van der Waals surface area contributed by atoms with Gasteiger partial charge >= 0.3 is 0 Å². The first-order chi connectivity index (χ1) is 13.3. The fourth-order valence-electron chi connectivity index (χ4n) is 4.56. The highest BCUT2D eigenvalue weighted by Crippen LogP contribution is 2.35. The highest BCUT2D eigenvalue weighted by atomic mass is 32.1. The van der Waals surface area contributed by atoms with Crippen LogP contribution in [0.15, 0.2) is 29.1 Å². The maximum absolute atomic E-state index is 13.5. The Morgan fingerprint density at radius 2 is 1.93 bits per heavy atom. The van der Waals surface area contributed by atoms with E-state index in [-0.39, 0.29) is 5.56 Å². The van der Waals surface area contributed by atoms with Gasteiger partial charge in [-0.25, -0.2) is 4.98 Å². The van der Waals surface area contributed by atoms with Crippen molar-refractivity contribution in [3.8, 4) is 0 Å². The highest BCUT2D eigenvalue weighted by molar-refractivity contribution is 7.18. The molecule has 0 unspecified atom stereocenters. The predicted molar refractivity (Wildman–Crippen MR) is 112 cm³/mol. The van der Waals surface area contributed by atoms with Gasteiger partial charge in [-0.2, -0.15) is 0 Å². The van der Waals surface area contributed by atoms with Gasteiger partial charge in [-0.05, 0) is 55.2 Å². The van der Waals surface area contributed by atoms with E-state index in [0.717, 1.165) is 61.5 Å². The molecule has 140 valence electrons. The average Bonchev–Trinajstić information content (AvgIpc) is 3.08. The van der Waals surface area contributed by atoms with Crippen molar-refractivity contribution in [2.24, 2.45) is 0 Å². The Balaban J connectivity index is 1.66. The molecule has 0 saturated heterocycles. The molecule has 0 radical (unpaired) electrons. The summed E-state index contributed by atoms with van der Waals surface area (Å²) in [6.07, 6.45) is 6.52. The van der Waals surface area contributed by atoms with E-state index in [4.69, 9.17) is 4.98 Å². The lowest BCUT2D eigenvalue weighted by Gasteiger charge is -2.31. The number of anilines is 1. The van der Waals surface area contributed by atoms with Crippen LogP contribution in [0.3, 0.4) is 0 Å². The second-order valence-electron chi connectivity index (χ2n) is 7.70. The summed E-state index contributed by atoms with van der Waals surface area (Å²) in [6.45, 7) is 4.63. The largest absolute Gasteiger partial charge is 0.337 e. The minimum Gasteiger partial charge on any atom is -0.337 e. The van der Waals surface area contributed by atoms with Crippen LogP contribution in [0.25, 0.3) is 10.2 Å². The van der Waals surface area contributed by atoms with Gasteiger partial charge in [0.25, 0.3) is 5.56 Å². The van der Waals surface area contributed by atoms with Crippen LogP contribution in [0.4, 0.5) is 5.95 Å². The zero-order valence-electron chi connectivity index (χ0n) is 15.8. The first-order valence-corrected chi connectivity index (χ1v) is 10.9. The van der Waals surface area contributed by atoms with Gasteiger partial charge in [0.1, 0.15) is 4.83 Å². The van der Waals surface area contributed by atoms with Crippen LogP contribution in [0.1, 0.15) is 47.8 Å². The molecule has 5 rings (SSSR count). The van der Waals surface area contributed by atoms with Crippen LogP contribution < -0.4 is 10.5 Å². The summed E-state index contributed by atoms with van der Waals surface area (Å²) < 4.78 is 1.94. The summed E-state index contributed by atoms with van der Waals surface area (Å²) in [4.78, 5) is 23.2. The number of fused-ring (bicyclic) bond motifs is 4. The predicted octanol–water partition coefficient (Wildman–Crippen LogP) is 4.31. The number of hydrogen-bond donors (Lipinski definition) is 0. The number of aryl methyl sites for hydroxylation is 2. The molecule has 0 amide bonds. The van der Waals surface area contributed by atoms with E-state index in [1.807, 2.05) is 4.57 Å². The fourth-order valence-corrected chi connectivity index (χ4v) is 5.81. The summed E-state index contributed by atoms with van der Waals surface area (Å²) in [7, 11) is 0. The molecule has 1 aromatic carbocycles. The first-order valence-electron chi connectivity index (χ1n) is 10.1. The molecule has 1 aliphatic carbocycles. The molecule has 4 nitrogen and oxygen atoms in total. The fraction of sp³-hybridized carbons (Fsp3) is 0.455. The average molecular weight is 380 g/mol. The third kappa shape index (κ3) is 2.80. The molecule has 2 aromatic heterocycles. The van der Waals surface area contributed by atoms with Crippen molar-refractivity contribution in [1.82, 2.24) is 9.55 Å². The number of benzene rings is 1. The molecule has 0 spiro atoms. The quantitative estimate of drug-likeness (QED) is 0.681. The standard InChI is InChI=1S/C22H25N3OS/c1-2-12-25-21(26)19-17-9-5-6-10-18(17)27-20(19)23-22(25)24-13-11-15-7-3-4-8-16(15)14-24/h3-4,7-8H,2,5-6,9-14H2,1H3. The Labute approximate surface area is 163 Å². The lowest BCUT2D eigenvalue weighted by Crippen LogP contribution is -2.36. The number of nitrogens with zero attached hydrogens (tertiary/aromatic N) is 3. The molecular formula is C22H25N3OS. The van der Waals surface area contributed by atoms with Crippen LogP contribution in [-0.2, 0) is 32.4 Å². The number of rotatable bonds is 3. The topological polar surface area (TPSA) is 38.1 Å². The third-order valence-corrected chi connectivity index (χ3v) is 7.10. The lowest BCUT2D eigenvalue weighted by atomic mass is 9.97. The Morgan fingerprint density at radius 3 is 2.78 bits per heavy atom. The zero-order chi connectivity index (χ0) is 18.4. The van der Waals surface area contributed by atoms with Crippen molar-refractivity contribution in [3.05, 3.63) is 56.2 Å².